The van der Waals surface area contributed by atoms with E-state index in [0.717, 1.165) is 6.42 Å². The molecule has 3 nitrogen and oxygen atoms in total. The van der Waals surface area contributed by atoms with Crippen LogP contribution >= 0.6 is 0 Å². The molecule has 1 unspecified atom stereocenters. The Morgan fingerprint density at radius 3 is 2.09 bits per heavy atom. The average Bonchev–Trinajstić information content (AvgIpc) is 2.75. The first-order valence-electron chi connectivity index (χ1n) is 8.35. The molecule has 0 amide bonds. The smallest absolute Gasteiger partial charge is 0.465 e. The molecule has 2 aliphatic heterocycles. The van der Waals surface area contributed by atoms with Crippen LogP contribution in [0.25, 0.3) is 0 Å². The van der Waals surface area contributed by atoms with Crippen LogP contribution in [0.5, 0.6) is 0 Å². The number of hydrogen-bond acceptors (Lipinski definition) is 3. The fraction of sp³-hybridized carbons (Fsp3) is 0.882. The van der Waals surface area contributed by atoms with Crippen molar-refractivity contribution in [2.45, 2.75) is 96.1 Å². The van der Waals surface area contributed by atoms with Gasteiger partial charge in [0.15, 0.2) is 0 Å². The molecule has 0 aromatic rings. The van der Waals surface area contributed by atoms with Gasteiger partial charge in [-0.15, -0.1) is 0 Å². The summed E-state index contributed by atoms with van der Waals surface area (Å²) in [5.74, 6) is 0. The summed E-state index contributed by atoms with van der Waals surface area (Å²) in [6, 6.07) is 0. The van der Waals surface area contributed by atoms with Gasteiger partial charge in [0.05, 0.1) is 6.10 Å². The molecule has 0 aromatic carbocycles. The van der Waals surface area contributed by atoms with E-state index in [1.54, 1.807) is 0 Å². The van der Waals surface area contributed by atoms with Crippen molar-refractivity contribution in [1.29, 1.82) is 0 Å². The van der Waals surface area contributed by atoms with Crippen molar-refractivity contribution in [1.82, 2.24) is 0 Å². The summed E-state index contributed by atoms with van der Waals surface area (Å²) in [7, 11) is -1.89. The van der Waals surface area contributed by atoms with Crippen LogP contribution in [0.4, 0.5) is 0 Å². The molecule has 2 rings (SSSR count). The number of rotatable bonds is 5. The summed E-state index contributed by atoms with van der Waals surface area (Å²) in [6.45, 7) is 15.9. The Morgan fingerprint density at radius 1 is 1.05 bits per heavy atom. The molecule has 0 radical (unpaired) electrons. The number of ether oxygens (including phenoxy) is 2. The molecule has 122 valence electrons. The van der Waals surface area contributed by atoms with Crippen LogP contribution in [-0.2, 0) is 13.9 Å². The number of fused-ring (bicyclic) bond motifs is 1. The first-order valence-corrected chi connectivity index (χ1v) is 10.5. The summed E-state index contributed by atoms with van der Waals surface area (Å²) in [4.78, 5) is 0. The molecule has 2 aliphatic rings. The van der Waals surface area contributed by atoms with Gasteiger partial charge in [0, 0.05) is 12.5 Å². The Labute approximate surface area is 149 Å². The zero-order chi connectivity index (χ0) is 15.8. The van der Waals surface area contributed by atoms with Gasteiger partial charge >= 0.3 is 18.9 Å². The molecule has 0 aromatic heterocycles. The molecule has 0 bridgehead atoms. The molecule has 22 heavy (non-hydrogen) atoms. The minimum Gasteiger partial charge on any atom is -0.465 e. The molecule has 1 fully saturated rings. The van der Waals surface area contributed by atoms with Crippen LogP contribution in [0.3, 0.4) is 0 Å². The first-order chi connectivity index (χ1) is 9.77. The molecule has 4 atom stereocenters. The summed E-state index contributed by atoms with van der Waals surface area (Å²) in [5.41, 5.74) is 1.72. The van der Waals surface area contributed by atoms with Gasteiger partial charge in [0.1, 0.15) is 6.29 Å². The minimum atomic E-state index is -1.89. The third-order valence-electron chi connectivity index (χ3n) is 4.99. The van der Waals surface area contributed by atoms with Gasteiger partial charge in [-0.2, -0.15) is 0 Å². The van der Waals surface area contributed by atoms with E-state index in [4.69, 9.17) is 13.9 Å². The van der Waals surface area contributed by atoms with Gasteiger partial charge in [-0.05, 0) is 29.7 Å². The second-order valence-corrected chi connectivity index (χ2v) is 12.8. The predicted octanol–water partition coefficient (Wildman–Crippen LogP) is 1.44. The Bertz CT molecular complexity index is 362. The zero-order valence-electron chi connectivity index (χ0n) is 15.6. The largest absolute Gasteiger partial charge is 1.00 e. The van der Waals surface area contributed by atoms with Gasteiger partial charge in [-0.25, -0.2) is 6.08 Å². The van der Waals surface area contributed by atoms with Crippen LogP contribution in [0, 0.1) is 6.08 Å². The maximum Gasteiger partial charge on any atom is 1.00 e. The van der Waals surface area contributed by atoms with Crippen LogP contribution in [-0.4, -0.2) is 32.9 Å². The van der Waals surface area contributed by atoms with Crippen molar-refractivity contribution < 1.29 is 32.8 Å². The van der Waals surface area contributed by atoms with Crippen molar-refractivity contribution in [3.05, 3.63) is 12.2 Å². The van der Waals surface area contributed by atoms with Crippen molar-refractivity contribution in [3.8, 4) is 0 Å². The van der Waals surface area contributed by atoms with E-state index in [1.807, 2.05) is 13.0 Å². The maximum absolute atomic E-state index is 6.69. The van der Waals surface area contributed by atoms with E-state index < -0.39 is 8.32 Å². The van der Waals surface area contributed by atoms with E-state index in [2.05, 4.69) is 47.6 Å². The van der Waals surface area contributed by atoms with Crippen molar-refractivity contribution in [3.63, 3.8) is 0 Å². The molecule has 0 saturated carbocycles. The summed E-state index contributed by atoms with van der Waals surface area (Å²) < 4.78 is 18.7. The fourth-order valence-corrected chi connectivity index (χ4v) is 9.57. The Hall–Kier alpha value is 0.434. The van der Waals surface area contributed by atoms with Gasteiger partial charge in [-0.1, -0.05) is 41.5 Å². The zero-order valence-corrected chi connectivity index (χ0v) is 16.6. The molecular formula is C17H31LiO3Si. The van der Waals surface area contributed by atoms with E-state index in [0.29, 0.717) is 16.6 Å². The molecule has 2 heterocycles. The topological polar surface area (TPSA) is 27.7 Å². The van der Waals surface area contributed by atoms with Crippen molar-refractivity contribution in [2.24, 2.45) is 0 Å². The predicted molar refractivity (Wildman–Crippen MR) is 87.6 cm³/mol. The maximum atomic E-state index is 6.69. The average molecular weight is 318 g/mol. The van der Waals surface area contributed by atoms with E-state index in [9.17, 15) is 0 Å². The Balaban J connectivity index is 0.00000242. The van der Waals surface area contributed by atoms with Crippen molar-refractivity contribution >= 4 is 8.32 Å². The van der Waals surface area contributed by atoms with Gasteiger partial charge in [0.2, 0.25) is 8.32 Å². The van der Waals surface area contributed by atoms with Crippen molar-refractivity contribution in [2.75, 3.05) is 0 Å². The summed E-state index contributed by atoms with van der Waals surface area (Å²) >= 11 is 0. The van der Waals surface area contributed by atoms with E-state index in [-0.39, 0.29) is 43.5 Å². The minimum absolute atomic E-state index is 0. The summed E-state index contributed by atoms with van der Waals surface area (Å²) in [6.07, 6.45) is 6.14. The van der Waals surface area contributed by atoms with E-state index in [1.165, 1.54) is 0 Å². The van der Waals surface area contributed by atoms with Gasteiger partial charge < -0.3 is 20.0 Å². The van der Waals surface area contributed by atoms with E-state index >= 15 is 0 Å². The summed E-state index contributed by atoms with van der Waals surface area (Å²) in [5, 5.41) is 0. The first kappa shape index (κ1) is 20.5. The molecule has 1 saturated heterocycles. The Kier molecular flexibility index (Phi) is 7.45. The molecule has 0 N–H and O–H groups in total. The molecule has 0 aliphatic carbocycles. The van der Waals surface area contributed by atoms with Crippen LogP contribution in [0.2, 0.25) is 16.6 Å². The molecule has 0 spiro atoms. The third-order valence-corrected chi connectivity index (χ3v) is 11.1. The van der Waals surface area contributed by atoms with Gasteiger partial charge in [-0.3, -0.25) is 0 Å². The normalized spacial score (nSPS) is 31.7. The number of hydrogen-bond donors (Lipinski definition) is 0. The second kappa shape index (κ2) is 8.01. The van der Waals surface area contributed by atoms with Crippen LogP contribution in [0.15, 0.2) is 6.08 Å². The third kappa shape index (κ3) is 3.91. The van der Waals surface area contributed by atoms with Crippen LogP contribution < -0.4 is 18.9 Å². The standard InChI is InChI=1S/C17H31O3Si.Li/c1-11(2)21(12(3)4,13(5)6)20-17-10-16-15(19-17)9-8-14(7)18-16;/h8,11-17H,10H2,1-7H3;/q-1;+1/t14-,15-,16-,17?;/m0./s1. The van der Waals surface area contributed by atoms with Gasteiger partial charge in [0.25, 0.3) is 0 Å². The monoisotopic (exact) mass is 318 g/mol. The molecular weight excluding hydrogens is 287 g/mol. The fourth-order valence-electron chi connectivity index (χ4n) is 4.15. The SMILES string of the molecule is CC(C)[Si](OC1C[C@@H]2O[C@@H](C)C=[C-][C@@H]2O1)(C(C)C)C(C)C.[Li+]. The Morgan fingerprint density at radius 2 is 1.59 bits per heavy atom. The second-order valence-electron chi connectivity index (χ2n) is 7.37. The quantitative estimate of drug-likeness (QED) is 0.567. The molecule has 5 heteroatoms. The van der Waals surface area contributed by atoms with Crippen LogP contribution in [0.1, 0.15) is 54.9 Å².